The number of hydrogen-bond donors (Lipinski definition) is 1. The smallest absolute Gasteiger partial charge is 0.227 e. The zero-order chi connectivity index (χ0) is 17.6. The lowest BCUT2D eigenvalue weighted by atomic mass is 10.2. The highest BCUT2D eigenvalue weighted by Gasteiger charge is 2.16. The minimum absolute atomic E-state index is 0.107. The Balaban J connectivity index is 1.67. The maximum atomic E-state index is 12.2. The van der Waals surface area contributed by atoms with Gasteiger partial charge in [-0.15, -0.1) is 10.2 Å². The molecule has 0 radical (unpaired) electrons. The second-order valence-corrected chi connectivity index (χ2v) is 5.92. The van der Waals surface area contributed by atoms with Gasteiger partial charge in [-0.05, 0) is 36.8 Å². The van der Waals surface area contributed by atoms with Gasteiger partial charge >= 0.3 is 0 Å². The van der Waals surface area contributed by atoms with Gasteiger partial charge in [0.2, 0.25) is 5.91 Å². The van der Waals surface area contributed by atoms with Gasteiger partial charge in [0.25, 0.3) is 0 Å². The van der Waals surface area contributed by atoms with E-state index in [1.54, 1.807) is 18.3 Å². The lowest BCUT2D eigenvalue weighted by Crippen LogP contribution is -2.26. The highest BCUT2D eigenvalue weighted by Crippen LogP contribution is 2.16. The topological polar surface area (TPSA) is 72.7 Å². The van der Waals surface area contributed by atoms with Crippen molar-refractivity contribution in [3.8, 4) is 11.5 Å². The summed E-state index contributed by atoms with van der Waals surface area (Å²) in [5.41, 5.74) is 1.73. The molecule has 0 spiro atoms. The Morgan fingerprint density at radius 2 is 1.96 bits per heavy atom. The Morgan fingerprint density at radius 3 is 2.64 bits per heavy atom. The molecule has 0 aliphatic rings. The van der Waals surface area contributed by atoms with E-state index in [1.807, 2.05) is 41.8 Å². The lowest BCUT2D eigenvalue weighted by molar-refractivity contribution is -0.120. The first kappa shape index (κ1) is 17.1. The minimum atomic E-state index is -0.107. The third-order valence-electron chi connectivity index (χ3n) is 3.76. The van der Waals surface area contributed by atoms with Gasteiger partial charge in [-0.1, -0.05) is 29.8 Å². The molecule has 2 aromatic heterocycles. The van der Waals surface area contributed by atoms with Crippen molar-refractivity contribution < 1.29 is 4.79 Å². The van der Waals surface area contributed by atoms with Crippen LogP contribution in [0.25, 0.3) is 11.5 Å². The van der Waals surface area contributed by atoms with Crippen LogP contribution < -0.4 is 5.32 Å². The number of amides is 1. The van der Waals surface area contributed by atoms with Crippen molar-refractivity contribution in [2.45, 2.75) is 26.4 Å². The van der Waals surface area contributed by atoms with Gasteiger partial charge < -0.3 is 9.88 Å². The molecule has 0 aliphatic carbocycles. The first-order valence-corrected chi connectivity index (χ1v) is 8.39. The molecular formula is C18H18ClN5O. The van der Waals surface area contributed by atoms with Gasteiger partial charge in [0, 0.05) is 24.3 Å². The predicted octanol–water partition coefficient (Wildman–Crippen LogP) is 2.87. The molecule has 1 amide bonds. The SMILES string of the molecule is CCn1c(CC(=O)NCc2ccc(Cl)cc2)nnc1-c1ccccn1. The molecule has 128 valence electrons. The van der Waals surface area contributed by atoms with E-state index in [0.717, 1.165) is 11.3 Å². The van der Waals surface area contributed by atoms with E-state index in [4.69, 9.17) is 11.6 Å². The molecule has 2 heterocycles. The Kier molecular flexibility index (Phi) is 5.40. The van der Waals surface area contributed by atoms with Crippen LogP contribution >= 0.6 is 11.6 Å². The van der Waals surface area contributed by atoms with E-state index in [0.29, 0.717) is 29.8 Å². The molecule has 0 unspecified atom stereocenters. The number of halogens is 1. The molecule has 25 heavy (non-hydrogen) atoms. The summed E-state index contributed by atoms with van der Waals surface area (Å²) in [6.45, 7) is 3.10. The Labute approximate surface area is 150 Å². The maximum Gasteiger partial charge on any atom is 0.227 e. The number of hydrogen-bond acceptors (Lipinski definition) is 4. The first-order chi connectivity index (χ1) is 12.2. The number of nitrogens with zero attached hydrogens (tertiary/aromatic N) is 4. The first-order valence-electron chi connectivity index (χ1n) is 8.02. The quantitative estimate of drug-likeness (QED) is 0.738. The number of aromatic nitrogens is 4. The van der Waals surface area contributed by atoms with Crippen molar-refractivity contribution in [2.75, 3.05) is 0 Å². The van der Waals surface area contributed by atoms with E-state index in [9.17, 15) is 4.79 Å². The third-order valence-corrected chi connectivity index (χ3v) is 4.01. The number of carbonyl (C=O) groups excluding carboxylic acids is 1. The van der Waals surface area contributed by atoms with Crippen LogP contribution in [0.2, 0.25) is 5.02 Å². The molecule has 7 heteroatoms. The number of rotatable bonds is 6. The number of nitrogens with one attached hydrogen (secondary N) is 1. The Hall–Kier alpha value is -2.73. The number of pyridine rings is 1. The van der Waals surface area contributed by atoms with Gasteiger partial charge in [-0.2, -0.15) is 0 Å². The molecule has 3 rings (SSSR count). The molecule has 3 aromatic rings. The van der Waals surface area contributed by atoms with Gasteiger partial charge in [-0.25, -0.2) is 0 Å². The highest BCUT2D eigenvalue weighted by atomic mass is 35.5. The second kappa shape index (κ2) is 7.90. The molecule has 0 saturated carbocycles. The third kappa shape index (κ3) is 4.22. The van der Waals surface area contributed by atoms with Gasteiger partial charge in [-0.3, -0.25) is 9.78 Å². The lowest BCUT2D eigenvalue weighted by Gasteiger charge is -2.08. The fraction of sp³-hybridized carbons (Fsp3) is 0.222. The largest absolute Gasteiger partial charge is 0.352 e. The van der Waals surface area contributed by atoms with Crippen LogP contribution in [0.1, 0.15) is 18.3 Å². The number of benzene rings is 1. The normalized spacial score (nSPS) is 10.6. The van der Waals surface area contributed by atoms with Crippen molar-refractivity contribution in [2.24, 2.45) is 0 Å². The van der Waals surface area contributed by atoms with E-state index < -0.39 is 0 Å². The Bertz CT molecular complexity index is 846. The minimum Gasteiger partial charge on any atom is -0.352 e. The van der Waals surface area contributed by atoms with Gasteiger partial charge in [0.15, 0.2) is 5.82 Å². The standard InChI is InChI=1S/C18H18ClN5O/c1-2-24-16(22-23-18(24)15-5-3-4-10-20-15)11-17(25)21-12-13-6-8-14(19)9-7-13/h3-10H,2,11-12H2,1H3,(H,21,25). The monoisotopic (exact) mass is 355 g/mol. The summed E-state index contributed by atoms with van der Waals surface area (Å²) in [6, 6.07) is 13.0. The van der Waals surface area contributed by atoms with Gasteiger partial charge in [0.05, 0.1) is 6.42 Å². The molecule has 0 fully saturated rings. The summed E-state index contributed by atoms with van der Waals surface area (Å²) < 4.78 is 1.91. The summed E-state index contributed by atoms with van der Waals surface area (Å²) in [7, 11) is 0. The molecule has 6 nitrogen and oxygen atoms in total. The van der Waals surface area contributed by atoms with Crippen LogP contribution in [-0.2, 0) is 24.3 Å². The van der Waals surface area contributed by atoms with Crippen LogP contribution in [0.4, 0.5) is 0 Å². The molecule has 0 saturated heterocycles. The summed E-state index contributed by atoms with van der Waals surface area (Å²) in [5, 5.41) is 11.9. The fourth-order valence-electron chi connectivity index (χ4n) is 2.49. The van der Waals surface area contributed by atoms with Crippen molar-refractivity contribution in [3.05, 3.63) is 65.1 Å². The highest BCUT2D eigenvalue weighted by molar-refractivity contribution is 6.30. The molecule has 0 aliphatic heterocycles. The van der Waals surface area contributed by atoms with Crippen LogP contribution in [0.3, 0.4) is 0 Å². The van der Waals surface area contributed by atoms with E-state index in [-0.39, 0.29) is 12.3 Å². The maximum absolute atomic E-state index is 12.2. The molecule has 1 N–H and O–H groups in total. The van der Waals surface area contributed by atoms with E-state index in [1.165, 1.54) is 0 Å². The zero-order valence-electron chi connectivity index (χ0n) is 13.8. The molecule has 0 atom stereocenters. The average Bonchev–Trinajstić information content (AvgIpc) is 3.04. The second-order valence-electron chi connectivity index (χ2n) is 5.48. The fourth-order valence-corrected chi connectivity index (χ4v) is 2.62. The van der Waals surface area contributed by atoms with Crippen LogP contribution in [0.5, 0.6) is 0 Å². The van der Waals surface area contributed by atoms with E-state index >= 15 is 0 Å². The van der Waals surface area contributed by atoms with Crippen molar-refractivity contribution in [1.82, 2.24) is 25.1 Å². The van der Waals surface area contributed by atoms with Crippen LogP contribution in [0.15, 0.2) is 48.7 Å². The average molecular weight is 356 g/mol. The summed E-state index contributed by atoms with van der Waals surface area (Å²) in [4.78, 5) is 16.5. The molecular weight excluding hydrogens is 338 g/mol. The summed E-state index contributed by atoms with van der Waals surface area (Å²) >= 11 is 5.86. The summed E-state index contributed by atoms with van der Waals surface area (Å²) in [6.07, 6.45) is 1.88. The predicted molar refractivity (Wildman–Crippen MR) is 95.9 cm³/mol. The Morgan fingerprint density at radius 1 is 1.16 bits per heavy atom. The van der Waals surface area contributed by atoms with Gasteiger partial charge in [0.1, 0.15) is 11.5 Å². The van der Waals surface area contributed by atoms with Crippen LogP contribution in [0, 0.1) is 0 Å². The van der Waals surface area contributed by atoms with Crippen molar-refractivity contribution in [3.63, 3.8) is 0 Å². The number of carbonyl (C=O) groups is 1. The summed E-state index contributed by atoms with van der Waals surface area (Å²) in [5.74, 6) is 1.19. The van der Waals surface area contributed by atoms with Crippen molar-refractivity contribution in [1.29, 1.82) is 0 Å². The van der Waals surface area contributed by atoms with E-state index in [2.05, 4.69) is 20.5 Å². The molecule has 0 bridgehead atoms. The van der Waals surface area contributed by atoms with Crippen molar-refractivity contribution >= 4 is 17.5 Å². The van der Waals surface area contributed by atoms with Crippen LogP contribution in [-0.4, -0.2) is 25.7 Å². The zero-order valence-corrected chi connectivity index (χ0v) is 14.6. The molecule has 1 aromatic carbocycles.